The molecule has 5 nitrogen and oxygen atoms in total. The number of aryl methyl sites for hydroxylation is 1. The summed E-state index contributed by atoms with van der Waals surface area (Å²) in [5, 5.41) is 10.1. The van der Waals surface area contributed by atoms with Gasteiger partial charge in [-0.05, 0) is 59.4 Å². The normalized spacial score (nSPS) is 11.6. The van der Waals surface area contributed by atoms with Crippen LogP contribution in [0, 0.1) is 6.92 Å². The van der Waals surface area contributed by atoms with E-state index in [0.29, 0.717) is 12.4 Å². The van der Waals surface area contributed by atoms with E-state index in [9.17, 15) is 4.79 Å². The molecule has 0 bridgehead atoms. The highest BCUT2D eigenvalue weighted by Gasteiger charge is 2.23. The van der Waals surface area contributed by atoms with Gasteiger partial charge in [0.1, 0.15) is 0 Å². The van der Waals surface area contributed by atoms with Crippen LogP contribution in [-0.4, -0.2) is 11.1 Å². The predicted octanol–water partition coefficient (Wildman–Crippen LogP) is 5.42. The van der Waals surface area contributed by atoms with Crippen molar-refractivity contribution >= 4 is 17.5 Å². The highest BCUT2D eigenvalue weighted by Crippen LogP contribution is 2.38. The third kappa shape index (κ3) is 3.46. The van der Waals surface area contributed by atoms with Gasteiger partial charge in [-0.25, -0.2) is 0 Å². The molecule has 0 fully saturated rings. The summed E-state index contributed by atoms with van der Waals surface area (Å²) in [5.41, 5.74) is 8.09. The fourth-order valence-electron chi connectivity index (χ4n) is 3.96. The van der Waals surface area contributed by atoms with E-state index in [4.69, 9.17) is 4.52 Å². The molecule has 0 aliphatic heterocycles. The molecule has 1 heterocycles. The van der Waals surface area contributed by atoms with E-state index in [1.54, 1.807) is 0 Å². The number of carbonyl (C=O) groups is 1. The Bertz CT molecular complexity index is 1240. The lowest BCUT2D eigenvalue weighted by atomic mass is 10.0. The van der Waals surface area contributed by atoms with E-state index < -0.39 is 0 Å². The number of hydrogen-bond donors (Lipinski definition) is 2. The van der Waals surface area contributed by atoms with E-state index in [-0.39, 0.29) is 5.91 Å². The van der Waals surface area contributed by atoms with Crippen LogP contribution in [0.3, 0.4) is 0 Å². The van der Waals surface area contributed by atoms with E-state index in [1.165, 1.54) is 11.1 Å². The summed E-state index contributed by atoms with van der Waals surface area (Å²) in [6.07, 6.45) is 0.787. The number of aromatic nitrogens is 1. The lowest BCUT2D eigenvalue weighted by Crippen LogP contribution is -2.14. The maximum atomic E-state index is 13.1. The van der Waals surface area contributed by atoms with Gasteiger partial charge in [0, 0.05) is 23.9 Å². The van der Waals surface area contributed by atoms with Crippen molar-refractivity contribution < 1.29 is 9.32 Å². The van der Waals surface area contributed by atoms with Gasteiger partial charge in [0.15, 0.2) is 0 Å². The molecule has 0 radical (unpaired) electrons. The van der Waals surface area contributed by atoms with Gasteiger partial charge in [0.25, 0.3) is 5.91 Å². The molecule has 0 saturated heterocycles. The lowest BCUT2D eigenvalue weighted by molar-refractivity contribution is 0.102. The number of rotatable bonds is 5. The standard InChI is InChI=1S/C25H21N3O2/c1-16-12-24(30-28-16)26-15-17-6-4-8-19(13-17)27-25(29)22-11-5-10-21-20-9-3-2-7-18(20)14-23(21)22/h2-13,26H,14-15H2,1H3,(H,27,29). The summed E-state index contributed by atoms with van der Waals surface area (Å²) in [7, 11) is 0. The molecule has 1 aliphatic carbocycles. The first-order valence-corrected chi connectivity index (χ1v) is 9.95. The molecular formula is C25H21N3O2. The summed E-state index contributed by atoms with van der Waals surface area (Å²) in [6, 6.07) is 23.9. The Morgan fingerprint density at radius 3 is 2.70 bits per heavy atom. The number of anilines is 2. The Morgan fingerprint density at radius 1 is 1.00 bits per heavy atom. The monoisotopic (exact) mass is 395 g/mol. The molecule has 0 unspecified atom stereocenters. The van der Waals surface area contributed by atoms with Crippen molar-refractivity contribution in [2.45, 2.75) is 19.9 Å². The SMILES string of the molecule is Cc1cc(NCc2cccc(NC(=O)c3cccc4c3Cc3ccccc3-4)c2)on1. The second-order valence-electron chi connectivity index (χ2n) is 7.51. The maximum Gasteiger partial charge on any atom is 0.255 e. The van der Waals surface area contributed by atoms with E-state index in [0.717, 1.165) is 40.1 Å². The quantitative estimate of drug-likeness (QED) is 0.417. The average molecular weight is 395 g/mol. The molecule has 0 saturated carbocycles. The van der Waals surface area contributed by atoms with Crippen LogP contribution in [0.5, 0.6) is 0 Å². The number of hydrogen-bond acceptors (Lipinski definition) is 4. The fraction of sp³-hybridized carbons (Fsp3) is 0.120. The van der Waals surface area contributed by atoms with Crippen LogP contribution in [0.1, 0.15) is 32.7 Å². The predicted molar refractivity (Wildman–Crippen MR) is 118 cm³/mol. The first-order valence-electron chi connectivity index (χ1n) is 9.95. The van der Waals surface area contributed by atoms with Crippen molar-refractivity contribution in [1.82, 2.24) is 5.16 Å². The molecular weight excluding hydrogens is 374 g/mol. The molecule has 5 rings (SSSR count). The molecule has 148 valence electrons. The summed E-state index contributed by atoms with van der Waals surface area (Å²) < 4.78 is 5.18. The van der Waals surface area contributed by atoms with Crippen LogP contribution in [0.15, 0.2) is 77.3 Å². The Labute approximate surface area is 174 Å². The Balaban J connectivity index is 1.33. The number of amides is 1. The third-order valence-electron chi connectivity index (χ3n) is 5.37. The van der Waals surface area contributed by atoms with Crippen LogP contribution in [-0.2, 0) is 13.0 Å². The molecule has 2 N–H and O–H groups in total. The highest BCUT2D eigenvalue weighted by atomic mass is 16.5. The van der Waals surface area contributed by atoms with Crippen LogP contribution < -0.4 is 10.6 Å². The van der Waals surface area contributed by atoms with E-state index in [2.05, 4.69) is 34.0 Å². The topological polar surface area (TPSA) is 67.2 Å². The van der Waals surface area contributed by atoms with Gasteiger partial charge in [-0.2, -0.15) is 0 Å². The Hall–Kier alpha value is -3.86. The minimum atomic E-state index is -0.0874. The fourth-order valence-corrected chi connectivity index (χ4v) is 3.96. The van der Waals surface area contributed by atoms with Gasteiger partial charge in [0.05, 0.1) is 5.69 Å². The van der Waals surface area contributed by atoms with Gasteiger partial charge in [-0.3, -0.25) is 4.79 Å². The van der Waals surface area contributed by atoms with Gasteiger partial charge in [-0.15, -0.1) is 0 Å². The number of nitrogens with one attached hydrogen (secondary N) is 2. The van der Waals surface area contributed by atoms with Crippen molar-refractivity contribution in [2.24, 2.45) is 0 Å². The van der Waals surface area contributed by atoms with Crippen molar-refractivity contribution in [2.75, 3.05) is 10.6 Å². The molecule has 3 aromatic carbocycles. The second-order valence-corrected chi connectivity index (χ2v) is 7.51. The summed E-state index contributed by atoms with van der Waals surface area (Å²) >= 11 is 0. The molecule has 1 aromatic heterocycles. The van der Waals surface area contributed by atoms with Crippen molar-refractivity contribution in [3.63, 3.8) is 0 Å². The average Bonchev–Trinajstić information content (AvgIpc) is 3.35. The van der Waals surface area contributed by atoms with Gasteiger partial charge >= 0.3 is 0 Å². The van der Waals surface area contributed by atoms with Gasteiger partial charge in [-0.1, -0.05) is 53.7 Å². The van der Waals surface area contributed by atoms with Gasteiger partial charge in [0.2, 0.25) is 5.88 Å². The molecule has 4 aromatic rings. The zero-order chi connectivity index (χ0) is 20.5. The first kappa shape index (κ1) is 18.2. The van der Waals surface area contributed by atoms with E-state index >= 15 is 0 Å². The smallest absolute Gasteiger partial charge is 0.255 e. The molecule has 30 heavy (non-hydrogen) atoms. The van der Waals surface area contributed by atoms with Crippen LogP contribution in [0.25, 0.3) is 11.1 Å². The van der Waals surface area contributed by atoms with Crippen LogP contribution in [0.2, 0.25) is 0 Å². The van der Waals surface area contributed by atoms with Crippen LogP contribution in [0.4, 0.5) is 11.6 Å². The largest absolute Gasteiger partial charge is 0.350 e. The Morgan fingerprint density at radius 2 is 1.83 bits per heavy atom. The number of benzene rings is 3. The Kier molecular flexibility index (Phi) is 4.56. The zero-order valence-electron chi connectivity index (χ0n) is 16.6. The minimum absolute atomic E-state index is 0.0874. The summed E-state index contributed by atoms with van der Waals surface area (Å²) in [5.74, 6) is 0.539. The second kappa shape index (κ2) is 7.52. The molecule has 0 atom stereocenters. The zero-order valence-corrected chi connectivity index (χ0v) is 16.6. The molecule has 5 heteroatoms. The minimum Gasteiger partial charge on any atom is -0.350 e. The van der Waals surface area contributed by atoms with Crippen molar-refractivity contribution in [3.05, 3.63) is 101 Å². The van der Waals surface area contributed by atoms with Crippen molar-refractivity contribution in [1.29, 1.82) is 0 Å². The molecule has 1 amide bonds. The van der Waals surface area contributed by atoms with Crippen LogP contribution >= 0.6 is 0 Å². The molecule has 1 aliphatic rings. The van der Waals surface area contributed by atoms with E-state index in [1.807, 2.05) is 61.5 Å². The summed E-state index contributed by atoms with van der Waals surface area (Å²) in [4.78, 5) is 13.1. The number of carbonyl (C=O) groups excluding carboxylic acids is 1. The summed E-state index contributed by atoms with van der Waals surface area (Å²) in [6.45, 7) is 2.46. The maximum absolute atomic E-state index is 13.1. The highest BCUT2D eigenvalue weighted by molar-refractivity contribution is 6.07. The number of nitrogens with zero attached hydrogens (tertiary/aromatic N) is 1. The molecule has 0 spiro atoms. The third-order valence-corrected chi connectivity index (χ3v) is 5.37. The number of fused-ring (bicyclic) bond motifs is 3. The first-order chi connectivity index (χ1) is 14.7. The lowest BCUT2D eigenvalue weighted by Gasteiger charge is -2.11. The van der Waals surface area contributed by atoms with Gasteiger partial charge < -0.3 is 15.2 Å². The van der Waals surface area contributed by atoms with Crippen molar-refractivity contribution in [3.8, 4) is 11.1 Å².